The first-order valence-electron chi connectivity index (χ1n) is 5.87. The van der Waals surface area contributed by atoms with E-state index in [1.54, 1.807) is 17.5 Å². The first-order valence-corrected chi connectivity index (χ1v) is 8.61. The van der Waals surface area contributed by atoms with E-state index in [2.05, 4.69) is 9.71 Å². The predicted molar refractivity (Wildman–Crippen MR) is 80.8 cm³/mol. The van der Waals surface area contributed by atoms with Gasteiger partial charge in [0.25, 0.3) is 10.0 Å². The number of rotatable bonds is 7. The van der Waals surface area contributed by atoms with Gasteiger partial charge in [0.2, 0.25) is 0 Å². The third kappa shape index (κ3) is 4.31. The van der Waals surface area contributed by atoms with E-state index < -0.39 is 10.0 Å². The molecule has 0 saturated carbocycles. The lowest BCUT2D eigenvalue weighted by molar-refractivity contribution is 0.321. The first kappa shape index (κ1) is 16.0. The summed E-state index contributed by atoms with van der Waals surface area (Å²) < 4.78 is 37.1. The third-order valence-corrected chi connectivity index (χ3v) is 5.52. The van der Waals surface area contributed by atoms with Crippen LogP contribution in [0.2, 0.25) is 5.02 Å². The summed E-state index contributed by atoms with van der Waals surface area (Å²) in [5.41, 5.74) is 0. The molecule has 6 nitrogen and oxygen atoms in total. The second kappa shape index (κ2) is 7.08. The predicted octanol–water partition coefficient (Wildman–Crippen LogP) is 2.16. The highest BCUT2D eigenvalue weighted by atomic mass is 35.5. The van der Waals surface area contributed by atoms with Gasteiger partial charge in [0, 0.05) is 18.8 Å². The van der Waals surface area contributed by atoms with E-state index >= 15 is 0 Å². The Kier molecular flexibility index (Phi) is 5.40. The number of aromatic nitrogens is 1. The summed E-state index contributed by atoms with van der Waals surface area (Å²) in [6.45, 7) is 0.283. The molecule has 2 heterocycles. The van der Waals surface area contributed by atoms with Crippen LogP contribution in [0.15, 0.2) is 34.1 Å². The average molecular weight is 349 g/mol. The van der Waals surface area contributed by atoms with Crippen molar-refractivity contribution in [2.75, 3.05) is 20.3 Å². The molecule has 2 rings (SSSR count). The molecule has 0 fully saturated rings. The number of ether oxygens (including phenoxy) is 2. The van der Waals surface area contributed by atoms with E-state index in [0.29, 0.717) is 16.5 Å². The summed E-state index contributed by atoms with van der Waals surface area (Å²) >= 11 is 6.86. The summed E-state index contributed by atoms with van der Waals surface area (Å²) in [5, 5.41) is 2.11. The Morgan fingerprint density at radius 1 is 1.43 bits per heavy atom. The largest absolute Gasteiger partial charge is 0.494 e. The molecular weight excluding hydrogens is 336 g/mol. The summed E-state index contributed by atoms with van der Waals surface area (Å²) in [7, 11) is -2.17. The lowest BCUT2D eigenvalue weighted by Gasteiger charge is -2.08. The average Bonchev–Trinajstić information content (AvgIpc) is 2.93. The topological polar surface area (TPSA) is 77.5 Å². The van der Waals surface area contributed by atoms with Crippen LogP contribution in [-0.4, -0.2) is 33.7 Å². The number of nitrogens with zero attached hydrogens (tertiary/aromatic N) is 1. The molecule has 0 aromatic carbocycles. The molecule has 0 amide bonds. The maximum absolute atomic E-state index is 12.1. The van der Waals surface area contributed by atoms with Crippen LogP contribution in [0.25, 0.3) is 0 Å². The molecular formula is C12H13ClN2O4S2. The van der Waals surface area contributed by atoms with Crippen LogP contribution in [0, 0.1) is 0 Å². The minimum absolute atomic E-state index is 0.121. The van der Waals surface area contributed by atoms with Crippen LogP contribution < -0.4 is 14.2 Å². The molecule has 114 valence electrons. The van der Waals surface area contributed by atoms with Gasteiger partial charge in [-0.3, -0.25) is 4.98 Å². The van der Waals surface area contributed by atoms with E-state index in [4.69, 9.17) is 21.1 Å². The smallest absolute Gasteiger partial charge is 0.253 e. The van der Waals surface area contributed by atoms with E-state index in [9.17, 15) is 8.42 Å². The monoisotopic (exact) mass is 348 g/mol. The molecule has 0 radical (unpaired) electrons. The van der Waals surface area contributed by atoms with Crippen LogP contribution in [0.5, 0.6) is 11.5 Å². The van der Waals surface area contributed by atoms with Gasteiger partial charge in [0.05, 0.1) is 18.3 Å². The first-order chi connectivity index (χ1) is 10.0. The van der Waals surface area contributed by atoms with Gasteiger partial charge < -0.3 is 9.47 Å². The summed E-state index contributed by atoms with van der Waals surface area (Å²) in [4.78, 5) is 3.86. The molecule has 0 spiro atoms. The van der Waals surface area contributed by atoms with Crippen LogP contribution in [0.1, 0.15) is 0 Å². The fourth-order valence-corrected chi connectivity index (χ4v) is 4.01. The van der Waals surface area contributed by atoms with Crippen molar-refractivity contribution in [1.29, 1.82) is 0 Å². The fourth-order valence-electron chi connectivity index (χ4n) is 1.51. The molecule has 0 bridgehead atoms. The molecule has 0 unspecified atom stereocenters. The summed E-state index contributed by atoms with van der Waals surface area (Å²) in [6.07, 6.45) is 2.99. The SMILES string of the molecule is COc1ccsc1S(=O)(=O)NCCOc1cncc(Cl)c1. The summed E-state index contributed by atoms with van der Waals surface area (Å²) in [5.74, 6) is 0.808. The Bertz CT molecular complexity index is 703. The second-order valence-electron chi connectivity index (χ2n) is 3.86. The molecule has 2 aromatic heterocycles. The Morgan fingerprint density at radius 2 is 2.24 bits per heavy atom. The van der Waals surface area contributed by atoms with Crippen LogP contribution in [0.3, 0.4) is 0 Å². The third-order valence-electron chi connectivity index (χ3n) is 2.40. The highest BCUT2D eigenvalue weighted by Gasteiger charge is 2.20. The molecule has 1 N–H and O–H groups in total. The van der Waals surface area contributed by atoms with Crippen LogP contribution in [0.4, 0.5) is 0 Å². The molecule has 0 aliphatic heterocycles. The lowest BCUT2D eigenvalue weighted by Crippen LogP contribution is -2.28. The number of thiophene rings is 1. The fraction of sp³-hybridized carbons (Fsp3) is 0.250. The van der Waals surface area contributed by atoms with Gasteiger partial charge in [-0.15, -0.1) is 11.3 Å². The maximum Gasteiger partial charge on any atom is 0.253 e. The molecule has 0 saturated heterocycles. The number of sulfonamides is 1. The van der Waals surface area contributed by atoms with Gasteiger partial charge in [-0.1, -0.05) is 11.6 Å². The lowest BCUT2D eigenvalue weighted by atomic mass is 10.5. The van der Waals surface area contributed by atoms with Crippen molar-refractivity contribution in [1.82, 2.24) is 9.71 Å². The highest BCUT2D eigenvalue weighted by molar-refractivity contribution is 7.91. The highest BCUT2D eigenvalue weighted by Crippen LogP contribution is 2.28. The minimum atomic E-state index is -3.60. The minimum Gasteiger partial charge on any atom is -0.494 e. The number of nitrogens with one attached hydrogen (secondary N) is 1. The Hall–Kier alpha value is -1.35. The van der Waals surface area contributed by atoms with Crippen molar-refractivity contribution < 1.29 is 17.9 Å². The zero-order valence-electron chi connectivity index (χ0n) is 11.1. The van der Waals surface area contributed by atoms with Crippen molar-refractivity contribution in [3.63, 3.8) is 0 Å². The number of methoxy groups -OCH3 is 1. The molecule has 0 aliphatic carbocycles. The number of halogens is 1. The van der Waals surface area contributed by atoms with Crippen molar-refractivity contribution >= 4 is 33.0 Å². The van der Waals surface area contributed by atoms with E-state index in [1.165, 1.54) is 19.5 Å². The van der Waals surface area contributed by atoms with Gasteiger partial charge in [-0.25, -0.2) is 13.1 Å². The standard InChI is InChI=1S/C12H13ClN2O4S2/c1-18-11-2-5-20-12(11)21(16,17)15-3-4-19-10-6-9(13)7-14-8-10/h2,5-8,15H,3-4H2,1H3. The van der Waals surface area contributed by atoms with Gasteiger partial charge >= 0.3 is 0 Å². The summed E-state index contributed by atoms with van der Waals surface area (Å²) in [6, 6.07) is 3.21. The molecule has 0 atom stereocenters. The second-order valence-corrected chi connectivity index (χ2v) is 7.18. The number of hydrogen-bond acceptors (Lipinski definition) is 6. The van der Waals surface area contributed by atoms with E-state index in [1.807, 2.05) is 0 Å². The quantitative estimate of drug-likeness (QED) is 0.776. The van der Waals surface area contributed by atoms with Crippen molar-refractivity contribution in [3.8, 4) is 11.5 Å². The zero-order chi connectivity index (χ0) is 15.3. The normalized spacial score (nSPS) is 11.3. The van der Waals surface area contributed by atoms with E-state index in [0.717, 1.165) is 11.3 Å². The molecule has 2 aromatic rings. The van der Waals surface area contributed by atoms with Crippen molar-refractivity contribution in [2.24, 2.45) is 0 Å². The van der Waals surface area contributed by atoms with Gasteiger partial charge in [-0.2, -0.15) is 0 Å². The Morgan fingerprint density at radius 3 is 2.95 bits per heavy atom. The maximum atomic E-state index is 12.1. The van der Waals surface area contributed by atoms with Gasteiger partial charge in [0.15, 0.2) is 4.21 Å². The van der Waals surface area contributed by atoms with Crippen LogP contribution >= 0.6 is 22.9 Å². The van der Waals surface area contributed by atoms with Crippen molar-refractivity contribution in [3.05, 3.63) is 34.9 Å². The Labute approximate surface area is 131 Å². The molecule has 9 heteroatoms. The number of hydrogen-bond donors (Lipinski definition) is 1. The van der Waals surface area contributed by atoms with Crippen LogP contribution in [-0.2, 0) is 10.0 Å². The van der Waals surface area contributed by atoms with Gasteiger partial charge in [-0.05, 0) is 11.4 Å². The van der Waals surface area contributed by atoms with Gasteiger partial charge in [0.1, 0.15) is 18.1 Å². The number of pyridine rings is 1. The molecule has 21 heavy (non-hydrogen) atoms. The Balaban J connectivity index is 1.88. The zero-order valence-corrected chi connectivity index (χ0v) is 13.5. The molecule has 0 aliphatic rings. The van der Waals surface area contributed by atoms with Crippen molar-refractivity contribution in [2.45, 2.75) is 4.21 Å². The van der Waals surface area contributed by atoms with E-state index in [-0.39, 0.29) is 17.4 Å².